The van der Waals surface area contributed by atoms with E-state index in [1.165, 1.54) is 0 Å². The summed E-state index contributed by atoms with van der Waals surface area (Å²) in [5.41, 5.74) is 9.12. The number of ether oxygens (including phenoxy) is 1. The highest BCUT2D eigenvalue weighted by Crippen LogP contribution is 2.13. The van der Waals surface area contributed by atoms with Gasteiger partial charge >= 0.3 is 5.97 Å². The number of benzene rings is 1. The molecule has 0 unspecified atom stereocenters. The molecular weight excluding hydrogens is 194 g/mol. The molecule has 5 nitrogen and oxygen atoms in total. The summed E-state index contributed by atoms with van der Waals surface area (Å²) in [6.07, 6.45) is 0.794. The van der Waals surface area contributed by atoms with Crippen LogP contribution < -0.4 is 0 Å². The topological polar surface area (TPSA) is 75.1 Å². The molecule has 1 rings (SSSR count). The molecule has 1 aromatic rings. The molecular formula is C10H11N3O2. The van der Waals surface area contributed by atoms with E-state index in [-0.39, 0.29) is 5.97 Å². The quantitative estimate of drug-likeness (QED) is 0.327. The molecule has 0 aromatic heterocycles. The van der Waals surface area contributed by atoms with E-state index in [1.807, 2.05) is 6.92 Å². The highest BCUT2D eigenvalue weighted by Gasteiger charge is 2.05. The van der Waals surface area contributed by atoms with Crippen molar-refractivity contribution in [3.05, 3.63) is 40.3 Å². The molecule has 0 amide bonds. The highest BCUT2D eigenvalue weighted by atomic mass is 16.5. The van der Waals surface area contributed by atoms with Crippen molar-refractivity contribution >= 4 is 11.7 Å². The van der Waals surface area contributed by atoms with Crippen LogP contribution >= 0.6 is 0 Å². The molecule has 0 aliphatic heterocycles. The first-order valence-corrected chi connectivity index (χ1v) is 4.60. The molecule has 0 heterocycles. The third kappa shape index (κ3) is 3.32. The number of carbonyl (C=O) groups is 1. The predicted molar refractivity (Wildman–Crippen MR) is 55.8 cm³/mol. The maximum absolute atomic E-state index is 11.3. The van der Waals surface area contributed by atoms with E-state index in [0.29, 0.717) is 17.9 Å². The van der Waals surface area contributed by atoms with E-state index in [1.54, 1.807) is 24.3 Å². The number of rotatable bonds is 4. The average molecular weight is 205 g/mol. The second kappa shape index (κ2) is 5.67. The van der Waals surface area contributed by atoms with Crippen molar-refractivity contribution in [2.75, 3.05) is 6.61 Å². The lowest BCUT2D eigenvalue weighted by molar-refractivity contribution is 0.0505. The van der Waals surface area contributed by atoms with Crippen molar-refractivity contribution < 1.29 is 9.53 Å². The monoisotopic (exact) mass is 205 g/mol. The SMILES string of the molecule is CCCOC(=O)c1ccc(N=[N+]=[N-])cc1. The smallest absolute Gasteiger partial charge is 0.338 e. The minimum atomic E-state index is -0.357. The largest absolute Gasteiger partial charge is 0.462 e. The van der Waals surface area contributed by atoms with Crippen LogP contribution in [0.15, 0.2) is 29.4 Å². The molecule has 78 valence electrons. The van der Waals surface area contributed by atoms with Crippen LogP contribution in [0.25, 0.3) is 10.4 Å². The Hall–Kier alpha value is -2.00. The second-order valence-electron chi connectivity index (χ2n) is 2.87. The van der Waals surface area contributed by atoms with E-state index in [2.05, 4.69) is 10.0 Å². The van der Waals surface area contributed by atoms with E-state index < -0.39 is 0 Å². The van der Waals surface area contributed by atoms with Gasteiger partial charge < -0.3 is 4.74 Å². The van der Waals surface area contributed by atoms with Gasteiger partial charge in [-0.05, 0) is 24.1 Å². The lowest BCUT2D eigenvalue weighted by atomic mass is 10.2. The molecule has 1 aromatic carbocycles. The minimum Gasteiger partial charge on any atom is -0.462 e. The van der Waals surface area contributed by atoms with Crippen molar-refractivity contribution in [1.82, 2.24) is 0 Å². The van der Waals surface area contributed by atoms with Gasteiger partial charge in [0, 0.05) is 10.6 Å². The van der Waals surface area contributed by atoms with Crippen LogP contribution in [0.5, 0.6) is 0 Å². The first-order valence-electron chi connectivity index (χ1n) is 4.60. The van der Waals surface area contributed by atoms with Gasteiger partial charge in [-0.2, -0.15) is 0 Å². The summed E-state index contributed by atoms with van der Waals surface area (Å²) in [6.45, 7) is 2.34. The zero-order valence-corrected chi connectivity index (χ0v) is 8.38. The Morgan fingerprint density at radius 2 is 2.13 bits per heavy atom. The molecule has 0 spiro atoms. The van der Waals surface area contributed by atoms with E-state index >= 15 is 0 Å². The van der Waals surface area contributed by atoms with Gasteiger partial charge in [-0.15, -0.1) is 0 Å². The molecule has 0 saturated heterocycles. The van der Waals surface area contributed by atoms with Crippen molar-refractivity contribution in [1.29, 1.82) is 0 Å². The Labute approximate surface area is 87.3 Å². The molecule has 15 heavy (non-hydrogen) atoms. The van der Waals surface area contributed by atoms with Gasteiger partial charge in [0.15, 0.2) is 0 Å². The fourth-order valence-corrected chi connectivity index (χ4v) is 0.994. The lowest BCUT2D eigenvalue weighted by Crippen LogP contribution is -2.05. The third-order valence-electron chi connectivity index (χ3n) is 1.70. The maximum atomic E-state index is 11.3. The van der Waals surface area contributed by atoms with Gasteiger partial charge in [-0.3, -0.25) is 0 Å². The lowest BCUT2D eigenvalue weighted by Gasteiger charge is -2.02. The van der Waals surface area contributed by atoms with Crippen LogP contribution in [0.2, 0.25) is 0 Å². The van der Waals surface area contributed by atoms with Gasteiger partial charge in [-0.1, -0.05) is 24.2 Å². The van der Waals surface area contributed by atoms with Crippen molar-refractivity contribution in [2.45, 2.75) is 13.3 Å². The van der Waals surface area contributed by atoms with Gasteiger partial charge in [0.25, 0.3) is 0 Å². The fraction of sp³-hybridized carbons (Fsp3) is 0.300. The number of azide groups is 1. The summed E-state index contributed by atoms with van der Waals surface area (Å²) in [7, 11) is 0. The number of nitrogens with zero attached hydrogens (tertiary/aromatic N) is 3. The third-order valence-corrected chi connectivity index (χ3v) is 1.70. The van der Waals surface area contributed by atoms with E-state index in [9.17, 15) is 4.79 Å². The van der Waals surface area contributed by atoms with Gasteiger partial charge in [-0.25, -0.2) is 4.79 Å². The average Bonchev–Trinajstić information content (AvgIpc) is 2.27. The fourth-order valence-electron chi connectivity index (χ4n) is 0.994. The van der Waals surface area contributed by atoms with Gasteiger partial charge in [0.2, 0.25) is 0 Å². The summed E-state index contributed by atoms with van der Waals surface area (Å²) < 4.78 is 4.93. The maximum Gasteiger partial charge on any atom is 0.338 e. The number of hydrogen-bond donors (Lipinski definition) is 0. The summed E-state index contributed by atoms with van der Waals surface area (Å²) in [5, 5.41) is 3.40. The summed E-state index contributed by atoms with van der Waals surface area (Å²) in [5.74, 6) is -0.357. The van der Waals surface area contributed by atoms with Crippen LogP contribution in [0.4, 0.5) is 5.69 Å². The zero-order valence-electron chi connectivity index (χ0n) is 8.38. The highest BCUT2D eigenvalue weighted by molar-refractivity contribution is 5.89. The van der Waals surface area contributed by atoms with Crippen LogP contribution in [-0.2, 0) is 4.74 Å². The molecule has 0 atom stereocenters. The standard InChI is InChI=1S/C10H11N3O2/c1-2-7-15-10(14)8-3-5-9(6-4-8)12-13-11/h3-6H,2,7H2,1H3. The Balaban J connectivity index is 2.70. The Bertz CT molecular complexity index is 380. The molecule has 0 fully saturated rings. The van der Waals surface area contributed by atoms with Gasteiger partial charge in [0.1, 0.15) is 0 Å². The van der Waals surface area contributed by atoms with Crippen LogP contribution in [-0.4, -0.2) is 12.6 Å². The molecule has 5 heteroatoms. The zero-order chi connectivity index (χ0) is 11.1. The minimum absolute atomic E-state index is 0.357. The number of esters is 1. The Morgan fingerprint density at radius 1 is 1.47 bits per heavy atom. The Kier molecular flexibility index (Phi) is 4.19. The second-order valence-corrected chi connectivity index (χ2v) is 2.87. The molecule has 0 radical (unpaired) electrons. The van der Waals surface area contributed by atoms with Crippen molar-refractivity contribution in [3.63, 3.8) is 0 Å². The molecule has 0 N–H and O–H groups in total. The molecule has 0 aliphatic carbocycles. The van der Waals surface area contributed by atoms with Crippen LogP contribution in [0.1, 0.15) is 23.7 Å². The Morgan fingerprint density at radius 3 is 2.67 bits per heavy atom. The first-order chi connectivity index (χ1) is 7.27. The van der Waals surface area contributed by atoms with E-state index in [0.717, 1.165) is 6.42 Å². The van der Waals surface area contributed by atoms with Crippen LogP contribution in [0.3, 0.4) is 0 Å². The summed E-state index contributed by atoms with van der Waals surface area (Å²) >= 11 is 0. The van der Waals surface area contributed by atoms with Gasteiger partial charge in [0.05, 0.1) is 12.2 Å². The normalized spacial score (nSPS) is 9.13. The predicted octanol–water partition coefficient (Wildman–Crippen LogP) is 3.20. The number of hydrogen-bond acceptors (Lipinski definition) is 3. The van der Waals surface area contributed by atoms with Crippen LogP contribution in [0, 0.1) is 0 Å². The summed E-state index contributed by atoms with van der Waals surface area (Å²) in [6, 6.07) is 6.29. The number of carbonyl (C=O) groups excluding carboxylic acids is 1. The molecule has 0 saturated carbocycles. The molecule has 0 aliphatic rings. The first kappa shape index (κ1) is 11.1. The van der Waals surface area contributed by atoms with Crippen molar-refractivity contribution in [3.8, 4) is 0 Å². The van der Waals surface area contributed by atoms with E-state index in [4.69, 9.17) is 10.3 Å². The molecule has 0 bridgehead atoms. The van der Waals surface area contributed by atoms with Crippen molar-refractivity contribution in [2.24, 2.45) is 5.11 Å². The summed E-state index contributed by atoms with van der Waals surface area (Å²) in [4.78, 5) is 14.0.